The molecule has 0 unspecified atom stereocenters. The first-order valence-corrected chi connectivity index (χ1v) is 17.0. The van der Waals surface area contributed by atoms with Crippen molar-refractivity contribution in [3.8, 4) is 10.4 Å². The van der Waals surface area contributed by atoms with E-state index >= 15 is 0 Å². The second-order valence-electron chi connectivity index (χ2n) is 12.2. The zero-order valence-corrected chi connectivity index (χ0v) is 26.7. The minimum absolute atomic E-state index is 0.0457. The van der Waals surface area contributed by atoms with Gasteiger partial charge in [0.05, 0.1) is 28.0 Å². The van der Waals surface area contributed by atoms with Crippen LogP contribution in [0.2, 0.25) is 0 Å². The molecular formula is C31H39N5O6S2. The molecule has 2 heterocycles. The number of hydrogen-bond donors (Lipinski definition) is 4. The van der Waals surface area contributed by atoms with Gasteiger partial charge in [-0.15, -0.1) is 11.3 Å². The van der Waals surface area contributed by atoms with Crippen LogP contribution in [0.15, 0.2) is 59.6 Å². The SMILES string of the molecule is CC(C)(C)NS(=O)(=O)c1cc(NC(=O)NCc2ccccc2)ccc1-c1cnc(C2CCC(NC(=O)OC3COC3)CC2)s1. The fourth-order valence-corrected chi connectivity index (χ4v) is 8.01. The van der Waals surface area contributed by atoms with Crippen molar-refractivity contribution in [1.82, 2.24) is 20.3 Å². The second kappa shape index (κ2) is 13.6. The van der Waals surface area contributed by atoms with E-state index in [2.05, 4.69) is 25.7 Å². The Labute approximate surface area is 262 Å². The Balaban J connectivity index is 1.28. The monoisotopic (exact) mass is 641 g/mol. The molecule has 1 aliphatic heterocycles. The zero-order chi connectivity index (χ0) is 31.3. The van der Waals surface area contributed by atoms with Gasteiger partial charge < -0.3 is 25.4 Å². The number of ether oxygens (including phenoxy) is 2. The first kappa shape index (κ1) is 31.9. The van der Waals surface area contributed by atoms with Crippen LogP contribution in [-0.2, 0) is 26.0 Å². The summed E-state index contributed by atoms with van der Waals surface area (Å²) >= 11 is 1.47. The molecule has 236 valence electrons. The molecule has 4 N–H and O–H groups in total. The highest BCUT2D eigenvalue weighted by Crippen LogP contribution is 2.40. The normalized spacial score (nSPS) is 19.1. The van der Waals surface area contributed by atoms with Gasteiger partial charge in [-0.1, -0.05) is 36.4 Å². The molecule has 1 saturated heterocycles. The van der Waals surface area contributed by atoms with Crippen molar-refractivity contribution < 1.29 is 27.5 Å². The summed E-state index contributed by atoms with van der Waals surface area (Å²) < 4.78 is 40.3. The van der Waals surface area contributed by atoms with Crippen LogP contribution in [0, 0.1) is 0 Å². The van der Waals surface area contributed by atoms with Gasteiger partial charge in [0, 0.05) is 41.5 Å². The number of aromatic nitrogens is 1. The van der Waals surface area contributed by atoms with E-state index in [4.69, 9.17) is 9.47 Å². The number of carbonyl (C=O) groups excluding carboxylic acids is 2. The highest BCUT2D eigenvalue weighted by atomic mass is 32.2. The fraction of sp³-hybridized carbons (Fsp3) is 0.452. The van der Waals surface area contributed by atoms with Gasteiger partial charge in [-0.2, -0.15) is 0 Å². The molecule has 0 spiro atoms. The number of carbonyl (C=O) groups is 2. The van der Waals surface area contributed by atoms with Gasteiger partial charge in [-0.05, 0) is 64.2 Å². The average molecular weight is 642 g/mol. The lowest BCUT2D eigenvalue weighted by molar-refractivity contribution is -0.0985. The zero-order valence-electron chi connectivity index (χ0n) is 25.1. The molecule has 44 heavy (non-hydrogen) atoms. The number of amides is 3. The van der Waals surface area contributed by atoms with E-state index in [0.717, 1.165) is 41.1 Å². The lowest BCUT2D eigenvalue weighted by Gasteiger charge is -2.30. The van der Waals surface area contributed by atoms with Crippen molar-refractivity contribution >= 4 is 39.2 Å². The Kier molecular flexibility index (Phi) is 9.88. The van der Waals surface area contributed by atoms with E-state index in [1.54, 1.807) is 39.1 Å². The standard InChI is InChI=1S/C31H39N5O6S2/c1-31(2,3)36-44(39,40)27-15-23(34-29(37)33-16-20-7-5-4-6-8-20)13-14-25(27)26-17-32-28(43-26)21-9-11-22(12-10-21)35-30(38)42-24-18-41-19-24/h4-8,13-15,17,21-22,24,36H,9-12,16,18-19H2,1-3H3,(H,35,38)(H2,33,34,37). The van der Waals surface area contributed by atoms with E-state index in [1.807, 2.05) is 30.3 Å². The minimum atomic E-state index is -3.95. The molecule has 1 saturated carbocycles. The highest BCUT2D eigenvalue weighted by molar-refractivity contribution is 7.89. The maximum Gasteiger partial charge on any atom is 0.407 e. The number of urea groups is 1. The van der Waals surface area contributed by atoms with Crippen LogP contribution in [0.4, 0.5) is 15.3 Å². The first-order valence-electron chi connectivity index (χ1n) is 14.7. The number of benzene rings is 2. The van der Waals surface area contributed by atoms with Crippen LogP contribution < -0.4 is 20.7 Å². The Morgan fingerprint density at radius 3 is 2.43 bits per heavy atom. The van der Waals surface area contributed by atoms with Crippen LogP contribution in [0.25, 0.3) is 10.4 Å². The number of sulfonamides is 1. The third-order valence-corrected chi connectivity index (χ3v) is 10.3. The van der Waals surface area contributed by atoms with Gasteiger partial charge in [0.1, 0.15) is 0 Å². The summed E-state index contributed by atoms with van der Waals surface area (Å²) in [5.41, 5.74) is 1.10. The first-order chi connectivity index (χ1) is 20.9. The number of anilines is 1. The second-order valence-corrected chi connectivity index (χ2v) is 14.9. The van der Waals surface area contributed by atoms with Crippen molar-refractivity contribution in [3.05, 3.63) is 65.3 Å². The molecule has 1 aliphatic carbocycles. The number of alkyl carbamates (subject to hydrolysis) is 1. The van der Waals surface area contributed by atoms with Crippen molar-refractivity contribution in [1.29, 1.82) is 0 Å². The maximum absolute atomic E-state index is 13.6. The van der Waals surface area contributed by atoms with E-state index in [1.165, 1.54) is 17.4 Å². The van der Waals surface area contributed by atoms with Gasteiger partial charge in [-0.25, -0.2) is 27.7 Å². The minimum Gasteiger partial charge on any atom is -0.441 e. The predicted molar refractivity (Wildman–Crippen MR) is 169 cm³/mol. The summed E-state index contributed by atoms with van der Waals surface area (Å²) in [6, 6.07) is 14.0. The molecule has 3 aromatic rings. The van der Waals surface area contributed by atoms with Gasteiger partial charge in [0.25, 0.3) is 0 Å². The predicted octanol–water partition coefficient (Wildman–Crippen LogP) is 5.36. The summed E-state index contributed by atoms with van der Waals surface area (Å²) in [5, 5.41) is 9.45. The molecule has 2 aliphatic rings. The largest absolute Gasteiger partial charge is 0.441 e. The van der Waals surface area contributed by atoms with Gasteiger partial charge in [0.2, 0.25) is 10.0 Å². The maximum atomic E-state index is 13.6. The Bertz CT molecular complexity index is 1560. The molecule has 2 fully saturated rings. The third-order valence-electron chi connectivity index (χ3n) is 7.33. The van der Waals surface area contributed by atoms with Crippen molar-refractivity contribution in [2.75, 3.05) is 18.5 Å². The van der Waals surface area contributed by atoms with E-state index in [0.29, 0.717) is 31.0 Å². The number of nitrogens with one attached hydrogen (secondary N) is 4. The summed E-state index contributed by atoms with van der Waals surface area (Å²) in [5.74, 6) is 0.213. The van der Waals surface area contributed by atoms with Crippen LogP contribution >= 0.6 is 11.3 Å². The smallest absolute Gasteiger partial charge is 0.407 e. The van der Waals surface area contributed by atoms with E-state index in [9.17, 15) is 18.0 Å². The molecule has 0 radical (unpaired) electrons. The molecule has 1 aromatic heterocycles. The van der Waals surface area contributed by atoms with Crippen LogP contribution in [-0.4, -0.2) is 56.4 Å². The topological polar surface area (TPSA) is 148 Å². The molecule has 5 rings (SSSR count). The quantitative estimate of drug-likeness (QED) is 0.246. The van der Waals surface area contributed by atoms with Gasteiger partial charge in [-0.3, -0.25) is 0 Å². The van der Waals surface area contributed by atoms with Crippen molar-refractivity contribution in [2.24, 2.45) is 0 Å². The summed E-state index contributed by atoms with van der Waals surface area (Å²) in [4.78, 5) is 30.2. The molecular weight excluding hydrogens is 603 g/mol. The van der Waals surface area contributed by atoms with Crippen molar-refractivity contribution in [3.63, 3.8) is 0 Å². The third kappa shape index (κ3) is 8.56. The average Bonchev–Trinajstić information content (AvgIpc) is 3.44. The molecule has 0 bridgehead atoms. The Hall–Kier alpha value is -3.52. The van der Waals surface area contributed by atoms with Crippen molar-refractivity contribution in [2.45, 2.75) is 81.5 Å². The molecule has 3 amide bonds. The molecule has 2 aromatic carbocycles. The Morgan fingerprint density at radius 1 is 1.05 bits per heavy atom. The molecule has 11 nitrogen and oxygen atoms in total. The van der Waals surface area contributed by atoms with Gasteiger partial charge >= 0.3 is 12.1 Å². The van der Waals surface area contributed by atoms with Crippen LogP contribution in [0.5, 0.6) is 0 Å². The lowest BCUT2D eigenvalue weighted by Crippen LogP contribution is -2.44. The number of thiazole rings is 1. The molecule has 0 atom stereocenters. The highest BCUT2D eigenvalue weighted by Gasteiger charge is 2.30. The van der Waals surface area contributed by atoms with Crippen LogP contribution in [0.3, 0.4) is 0 Å². The number of nitrogens with zero attached hydrogens (tertiary/aromatic N) is 1. The van der Waals surface area contributed by atoms with E-state index < -0.39 is 27.7 Å². The summed E-state index contributed by atoms with van der Waals surface area (Å²) in [6.45, 7) is 6.57. The Morgan fingerprint density at radius 2 is 1.77 bits per heavy atom. The summed E-state index contributed by atoms with van der Waals surface area (Å²) in [7, 11) is -3.95. The van der Waals surface area contributed by atoms with Crippen LogP contribution in [0.1, 0.15) is 62.9 Å². The fourth-order valence-electron chi connectivity index (χ4n) is 5.16. The lowest BCUT2D eigenvalue weighted by atomic mass is 9.86. The van der Waals surface area contributed by atoms with Gasteiger partial charge in [0.15, 0.2) is 6.10 Å². The van der Waals surface area contributed by atoms with E-state index in [-0.39, 0.29) is 23.0 Å². The number of rotatable bonds is 9. The molecule has 13 heteroatoms. The summed E-state index contributed by atoms with van der Waals surface area (Å²) in [6.07, 6.45) is 4.46. The number of hydrogen-bond acceptors (Lipinski definition) is 8.